The molecule has 1 saturated heterocycles. The highest BCUT2D eigenvalue weighted by atomic mass is 35.5. The fourth-order valence-electron chi connectivity index (χ4n) is 4.29. The summed E-state index contributed by atoms with van der Waals surface area (Å²) in [5.41, 5.74) is 1.24. The molecule has 3 heterocycles. The van der Waals surface area contributed by atoms with Crippen molar-refractivity contribution in [3.63, 3.8) is 0 Å². The lowest BCUT2D eigenvalue weighted by atomic mass is 10.1. The van der Waals surface area contributed by atoms with Gasteiger partial charge in [0.1, 0.15) is 0 Å². The lowest BCUT2D eigenvalue weighted by molar-refractivity contribution is 0.0697. The first-order chi connectivity index (χ1) is 16.3. The monoisotopic (exact) mass is 516 g/mol. The van der Waals surface area contributed by atoms with Crippen molar-refractivity contribution in [3.05, 3.63) is 63.6 Å². The molecule has 2 aromatic carbocycles. The number of nitrogens with zero attached hydrogens (tertiary/aromatic N) is 4. The lowest BCUT2D eigenvalue weighted by Gasteiger charge is -2.33. The number of aromatic nitrogens is 1. The summed E-state index contributed by atoms with van der Waals surface area (Å²) in [5.74, 6) is -0.135. The molecular weight excluding hydrogens is 492 g/mol. The Morgan fingerprint density at radius 2 is 1.76 bits per heavy atom. The van der Waals surface area contributed by atoms with Crippen LogP contribution in [0.5, 0.6) is 0 Å². The number of halogens is 1. The Hall–Kier alpha value is -2.30. The Kier molecular flexibility index (Phi) is 6.47. The number of fused-ring (bicyclic) bond motifs is 1. The number of thiazole rings is 1. The van der Waals surface area contributed by atoms with Gasteiger partial charge in [0, 0.05) is 50.5 Å². The predicted molar refractivity (Wildman–Crippen MR) is 136 cm³/mol. The van der Waals surface area contributed by atoms with Gasteiger partial charge in [-0.05, 0) is 54.1 Å². The van der Waals surface area contributed by atoms with Crippen molar-refractivity contribution in [2.75, 3.05) is 46.3 Å². The van der Waals surface area contributed by atoms with Crippen LogP contribution in [0.15, 0.2) is 53.6 Å². The molecule has 0 N–H and O–H groups in total. The van der Waals surface area contributed by atoms with E-state index in [-0.39, 0.29) is 23.9 Å². The van der Waals surface area contributed by atoms with E-state index in [1.54, 1.807) is 35.4 Å². The van der Waals surface area contributed by atoms with Gasteiger partial charge < -0.3 is 9.80 Å². The molecule has 178 valence electrons. The van der Waals surface area contributed by atoms with Gasteiger partial charge in [0.05, 0.1) is 9.77 Å². The first-order valence-corrected chi connectivity index (χ1v) is 13.8. The number of likely N-dealkylation sites (N-methyl/N-ethyl adjacent to an activating group) is 1. The Morgan fingerprint density at radius 3 is 2.50 bits per heavy atom. The van der Waals surface area contributed by atoms with Crippen molar-refractivity contribution in [1.29, 1.82) is 0 Å². The highest BCUT2D eigenvalue weighted by Gasteiger charge is 2.31. The average Bonchev–Trinajstić information content (AvgIpc) is 3.34. The number of piperazine rings is 1. The van der Waals surface area contributed by atoms with Gasteiger partial charge in [0.25, 0.3) is 5.91 Å². The summed E-state index contributed by atoms with van der Waals surface area (Å²) in [6, 6.07) is 10.4. The zero-order valence-electron chi connectivity index (χ0n) is 18.8. The summed E-state index contributed by atoms with van der Waals surface area (Å²) < 4.78 is 27.9. The maximum atomic E-state index is 13.2. The molecule has 1 aromatic heterocycles. The molecule has 7 nitrogen and oxygen atoms in total. The maximum Gasteiger partial charge on any atom is 0.282 e. The number of sulfonamides is 1. The molecule has 2 aliphatic heterocycles. The molecule has 1 amide bonds. The number of rotatable bonds is 4. The van der Waals surface area contributed by atoms with Gasteiger partial charge in [-0.2, -0.15) is 4.31 Å². The third kappa shape index (κ3) is 4.63. The molecule has 0 spiro atoms. The van der Waals surface area contributed by atoms with Crippen molar-refractivity contribution >= 4 is 55.2 Å². The molecule has 2 aliphatic rings. The number of amides is 1. The summed E-state index contributed by atoms with van der Waals surface area (Å²) in [5, 5.41) is 2.78. The molecule has 0 bridgehead atoms. The molecule has 10 heteroatoms. The molecule has 34 heavy (non-hydrogen) atoms. The van der Waals surface area contributed by atoms with Crippen LogP contribution in [0.3, 0.4) is 0 Å². The molecular formula is C24H25ClN4O3S2. The van der Waals surface area contributed by atoms with Crippen LogP contribution in [0.25, 0.3) is 16.3 Å². The standard InChI is InChI=1S/C24H25ClN4O3S2/c1-27-8-6-17(7-9-27)22-16-26-23(33-22)24(30)28-10-12-29(13-11-28)34(31,32)21-5-3-18-14-20(25)4-2-19(18)15-21/h2-6,14-16H,7-13H2,1H3. The summed E-state index contributed by atoms with van der Waals surface area (Å²) in [7, 11) is -1.57. The quantitative estimate of drug-likeness (QED) is 0.527. The van der Waals surface area contributed by atoms with Crippen LogP contribution in [0.2, 0.25) is 5.02 Å². The fraction of sp³-hybridized carbons (Fsp3) is 0.333. The van der Waals surface area contributed by atoms with Crippen molar-refractivity contribution < 1.29 is 13.2 Å². The van der Waals surface area contributed by atoms with Gasteiger partial charge >= 0.3 is 0 Å². The molecule has 0 radical (unpaired) electrons. The first kappa shape index (κ1) is 23.4. The second-order valence-corrected chi connectivity index (χ2v) is 12.0. The van der Waals surface area contributed by atoms with Crippen LogP contribution in [0.1, 0.15) is 21.1 Å². The van der Waals surface area contributed by atoms with Gasteiger partial charge in [0.2, 0.25) is 10.0 Å². The first-order valence-electron chi connectivity index (χ1n) is 11.1. The number of hydrogen-bond donors (Lipinski definition) is 0. The normalized spacial score (nSPS) is 18.3. The van der Waals surface area contributed by atoms with Crippen molar-refractivity contribution in [2.45, 2.75) is 11.3 Å². The van der Waals surface area contributed by atoms with Crippen LogP contribution >= 0.6 is 22.9 Å². The molecule has 3 aromatic rings. The lowest BCUT2D eigenvalue weighted by Crippen LogP contribution is -2.50. The van der Waals surface area contributed by atoms with Gasteiger partial charge in [-0.15, -0.1) is 11.3 Å². The van der Waals surface area contributed by atoms with E-state index in [9.17, 15) is 13.2 Å². The van der Waals surface area contributed by atoms with Gasteiger partial charge in [-0.1, -0.05) is 29.8 Å². The average molecular weight is 517 g/mol. The number of benzene rings is 2. The Morgan fingerprint density at radius 1 is 1.03 bits per heavy atom. The topological polar surface area (TPSA) is 73.8 Å². The van der Waals surface area contributed by atoms with Gasteiger partial charge in [-0.3, -0.25) is 4.79 Å². The van der Waals surface area contributed by atoms with Gasteiger partial charge in [0.15, 0.2) is 5.01 Å². The molecule has 1 fully saturated rings. The summed E-state index contributed by atoms with van der Waals surface area (Å²) in [6.45, 7) is 3.07. The van der Waals surface area contributed by atoms with Crippen LogP contribution in [-0.4, -0.2) is 79.7 Å². The van der Waals surface area contributed by atoms with E-state index >= 15 is 0 Å². The molecule has 5 rings (SSSR count). The Labute approximate surface area is 208 Å². The number of carbonyl (C=O) groups is 1. The summed E-state index contributed by atoms with van der Waals surface area (Å²) in [6.07, 6.45) is 4.92. The summed E-state index contributed by atoms with van der Waals surface area (Å²) in [4.78, 5) is 22.6. The van der Waals surface area contributed by atoms with E-state index < -0.39 is 10.0 Å². The molecule has 0 unspecified atom stereocenters. The highest BCUT2D eigenvalue weighted by molar-refractivity contribution is 7.89. The molecule has 0 aliphatic carbocycles. The highest BCUT2D eigenvalue weighted by Crippen LogP contribution is 2.28. The zero-order chi connectivity index (χ0) is 23.9. The van der Waals surface area contributed by atoms with E-state index in [0.717, 1.165) is 35.2 Å². The number of carbonyl (C=O) groups excluding carboxylic acids is 1. The number of hydrogen-bond acceptors (Lipinski definition) is 6. The molecule has 0 atom stereocenters. The Balaban J connectivity index is 1.25. The van der Waals surface area contributed by atoms with E-state index in [0.29, 0.717) is 23.1 Å². The van der Waals surface area contributed by atoms with Crippen LogP contribution in [-0.2, 0) is 10.0 Å². The Bertz CT molecular complexity index is 1380. The smallest absolute Gasteiger partial charge is 0.282 e. The minimum atomic E-state index is -3.65. The van der Waals surface area contributed by atoms with Crippen molar-refractivity contribution in [1.82, 2.24) is 19.1 Å². The molecule has 0 saturated carbocycles. The van der Waals surface area contributed by atoms with Crippen molar-refractivity contribution in [3.8, 4) is 0 Å². The second kappa shape index (κ2) is 9.39. The van der Waals surface area contributed by atoms with E-state index in [1.165, 1.54) is 21.2 Å². The van der Waals surface area contributed by atoms with Crippen LogP contribution in [0.4, 0.5) is 0 Å². The van der Waals surface area contributed by atoms with E-state index in [2.05, 4.69) is 23.0 Å². The van der Waals surface area contributed by atoms with Crippen LogP contribution < -0.4 is 0 Å². The third-order valence-corrected chi connectivity index (χ3v) is 9.55. The van der Waals surface area contributed by atoms with Crippen LogP contribution in [0, 0.1) is 0 Å². The summed E-state index contributed by atoms with van der Waals surface area (Å²) >= 11 is 7.45. The minimum Gasteiger partial charge on any atom is -0.334 e. The zero-order valence-corrected chi connectivity index (χ0v) is 21.2. The van der Waals surface area contributed by atoms with Crippen molar-refractivity contribution in [2.24, 2.45) is 0 Å². The largest absolute Gasteiger partial charge is 0.334 e. The van der Waals surface area contributed by atoms with Gasteiger partial charge in [-0.25, -0.2) is 13.4 Å². The van der Waals surface area contributed by atoms with E-state index in [4.69, 9.17) is 11.6 Å². The second-order valence-electron chi connectivity index (χ2n) is 8.62. The third-order valence-electron chi connectivity index (χ3n) is 6.35. The predicted octanol–water partition coefficient (Wildman–Crippen LogP) is 3.82. The maximum absolute atomic E-state index is 13.2. The minimum absolute atomic E-state index is 0.135. The van der Waals surface area contributed by atoms with E-state index in [1.807, 2.05) is 12.1 Å². The SMILES string of the molecule is CN1CC=C(c2cnc(C(=O)N3CCN(S(=O)(=O)c4ccc5cc(Cl)ccc5c4)CC3)s2)CC1. The fourth-order valence-corrected chi connectivity index (χ4v) is 6.88.